The fraction of sp³-hybridized carbons (Fsp3) is 0.545. The van der Waals surface area contributed by atoms with Gasteiger partial charge in [0.15, 0.2) is 5.65 Å². The fourth-order valence-corrected chi connectivity index (χ4v) is 2.00. The van der Waals surface area contributed by atoms with E-state index in [1.54, 1.807) is 12.7 Å². The second-order valence-corrected chi connectivity index (χ2v) is 4.46. The van der Waals surface area contributed by atoms with Crippen molar-refractivity contribution in [2.75, 3.05) is 0 Å². The monoisotopic (exact) mass is 204 g/mol. The van der Waals surface area contributed by atoms with Gasteiger partial charge in [0, 0.05) is 5.41 Å². The van der Waals surface area contributed by atoms with Gasteiger partial charge in [0.25, 0.3) is 0 Å². The molecular formula is C11H16N4. The van der Waals surface area contributed by atoms with E-state index in [0.29, 0.717) is 0 Å². The first-order chi connectivity index (χ1) is 7.15. The van der Waals surface area contributed by atoms with Gasteiger partial charge in [-0.15, -0.1) is 0 Å². The number of imidazole rings is 1. The summed E-state index contributed by atoms with van der Waals surface area (Å²) in [6, 6.07) is 0. The molecule has 0 bridgehead atoms. The lowest BCUT2D eigenvalue weighted by molar-refractivity contribution is 0.462. The molecule has 0 saturated heterocycles. The van der Waals surface area contributed by atoms with Crippen LogP contribution in [0.5, 0.6) is 0 Å². The molecule has 0 fully saturated rings. The molecule has 2 aromatic heterocycles. The van der Waals surface area contributed by atoms with E-state index in [2.05, 4.69) is 40.7 Å². The van der Waals surface area contributed by atoms with Crippen LogP contribution in [0.2, 0.25) is 0 Å². The predicted octanol–water partition coefficient (Wildman–Crippen LogP) is 2.43. The van der Waals surface area contributed by atoms with Crippen molar-refractivity contribution < 1.29 is 0 Å². The molecule has 2 rings (SSSR count). The number of fused-ring (bicyclic) bond motifs is 1. The van der Waals surface area contributed by atoms with Crippen LogP contribution in [0.4, 0.5) is 0 Å². The zero-order valence-corrected chi connectivity index (χ0v) is 9.41. The molecule has 1 N–H and O–H groups in total. The van der Waals surface area contributed by atoms with E-state index in [0.717, 1.165) is 29.7 Å². The Morgan fingerprint density at radius 3 is 2.80 bits per heavy atom. The average molecular weight is 204 g/mol. The Balaban J connectivity index is 2.55. The van der Waals surface area contributed by atoms with Crippen LogP contribution in [0.25, 0.3) is 11.2 Å². The Labute approximate surface area is 89.2 Å². The van der Waals surface area contributed by atoms with E-state index in [4.69, 9.17) is 0 Å². The highest BCUT2D eigenvalue weighted by Gasteiger charge is 2.24. The minimum absolute atomic E-state index is 0.0606. The third-order valence-electron chi connectivity index (χ3n) is 2.73. The zero-order valence-electron chi connectivity index (χ0n) is 9.41. The van der Waals surface area contributed by atoms with Gasteiger partial charge >= 0.3 is 0 Å². The number of rotatable bonds is 3. The first-order valence-electron chi connectivity index (χ1n) is 5.29. The molecule has 0 radical (unpaired) electrons. The largest absolute Gasteiger partial charge is 0.329 e. The van der Waals surface area contributed by atoms with Gasteiger partial charge in [-0.3, -0.25) is 0 Å². The van der Waals surface area contributed by atoms with Crippen molar-refractivity contribution in [3.8, 4) is 0 Å². The maximum absolute atomic E-state index is 4.38. The molecule has 80 valence electrons. The number of nitrogens with zero attached hydrogens (tertiary/aromatic N) is 3. The number of hydrogen-bond donors (Lipinski definition) is 1. The molecule has 2 heterocycles. The van der Waals surface area contributed by atoms with Gasteiger partial charge in [0.2, 0.25) is 0 Å². The van der Waals surface area contributed by atoms with E-state index in [1.165, 1.54) is 0 Å². The highest BCUT2D eigenvalue weighted by atomic mass is 15.0. The maximum atomic E-state index is 4.38. The number of aromatic nitrogens is 4. The molecule has 0 aliphatic carbocycles. The zero-order chi connectivity index (χ0) is 10.9. The van der Waals surface area contributed by atoms with Crippen LogP contribution < -0.4 is 0 Å². The van der Waals surface area contributed by atoms with Gasteiger partial charge in [-0.1, -0.05) is 27.2 Å². The van der Waals surface area contributed by atoms with Gasteiger partial charge in [-0.25, -0.2) is 15.0 Å². The lowest BCUT2D eigenvalue weighted by Gasteiger charge is -2.23. The minimum atomic E-state index is 0.0606. The Kier molecular flexibility index (Phi) is 2.42. The van der Waals surface area contributed by atoms with Crippen molar-refractivity contribution in [1.82, 2.24) is 19.9 Å². The van der Waals surface area contributed by atoms with Crippen LogP contribution in [0.15, 0.2) is 12.7 Å². The quantitative estimate of drug-likeness (QED) is 0.835. The molecule has 0 aromatic carbocycles. The summed E-state index contributed by atoms with van der Waals surface area (Å²) in [7, 11) is 0. The van der Waals surface area contributed by atoms with Gasteiger partial charge in [0.05, 0.1) is 12.0 Å². The minimum Gasteiger partial charge on any atom is -0.329 e. The molecule has 4 nitrogen and oxygen atoms in total. The van der Waals surface area contributed by atoms with Crippen molar-refractivity contribution in [2.45, 2.75) is 39.0 Å². The summed E-state index contributed by atoms with van der Waals surface area (Å²) in [5, 5.41) is 0. The van der Waals surface area contributed by atoms with Crippen LogP contribution in [0, 0.1) is 0 Å². The number of aromatic amines is 1. The van der Waals surface area contributed by atoms with Crippen LogP contribution in [0.1, 0.15) is 39.3 Å². The molecule has 0 unspecified atom stereocenters. The van der Waals surface area contributed by atoms with Crippen molar-refractivity contribution in [1.29, 1.82) is 0 Å². The summed E-state index contributed by atoms with van der Waals surface area (Å²) in [4.78, 5) is 15.8. The molecule has 2 aromatic rings. The summed E-state index contributed by atoms with van der Waals surface area (Å²) in [5.74, 6) is 0. The second-order valence-electron chi connectivity index (χ2n) is 4.46. The maximum Gasteiger partial charge on any atom is 0.160 e. The van der Waals surface area contributed by atoms with Crippen LogP contribution in [-0.2, 0) is 5.41 Å². The molecule has 4 heteroatoms. The van der Waals surface area contributed by atoms with Crippen molar-refractivity contribution >= 4 is 11.2 Å². The van der Waals surface area contributed by atoms with Crippen molar-refractivity contribution in [3.63, 3.8) is 0 Å². The van der Waals surface area contributed by atoms with Crippen molar-refractivity contribution in [3.05, 3.63) is 18.3 Å². The average Bonchev–Trinajstić information content (AvgIpc) is 2.64. The van der Waals surface area contributed by atoms with Gasteiger partial charge < -0.3 is 4.98 Å². The standard InChI is InChI=1S/C11H16N4/c1-4-5-11(2,3)9-8-10(14-6-12-8)15-7-13-9/h6-7H,4-5H2,1-3H3,(H,12,13,14,15). The summed E-state index contributed by atoms with van der Waals surface area (Å²) in [5.41, 5.74) is 2.82. The summed E-state index contributed by atoms with van der Waals surface area (Å²) >= 11 is 0. The Hall–Kier alpha value is -1.45. The third kappa shape index (κ3) is 1.71. The first kappa shape index (κ1) is 10.1. The highest BCUT2D eigenvalue weighted by molar-refractivity contribution is 5.73. The summed E-state index contributed by atoms with van der Waals surface area (Å²) < 4.78 is 0. The van der Waals surface area contributed by atoms with Crippen LogP contribution in [0.3, 0.4) is 0 Å². The molecule has 0 spiro atoms. The van der Waals surface area contributed by atoms with E-state index >= 15 is 0 Å². The topological polar surface area (TPSA) is 54.5 Å². The molecule has 0 saturated carbocycles. The molecule has 0 atom stereocenters. The fourth-order valence-electron chi connectivity index (χ4n) is 2.00. The normalized spacial score (nSPS) is 12.2. The van der Waals surface area contributed by atoms with E-state index in [-0.39, 0.29) is 5.41 Å². The van der Waals surface area contributed by atoms with E-state index in [9.17, 15) is 0 Å². The number of hydrogen-bond acceptors (Lipinski definition) is 3. The number of H-pyrrole nitrogens is 1. The van der Waals surface area contributed by atoms with Gasteiger partial charge in [-0.05, 0) is 6.42 Å². The number of nitrogens with one attached hydrogen (secondary N) is 1. The Morgan fingerprint density at radius 2 is 2.07 bits per heavy atom. The highest BCUT2D eigenvalue weighted by Crippen LogP contribution is 2.29. The second kappa shape index (κ2) is 3.61. The predicted molar refractivity (Wildman–Crippen MR) is 59.6 cm³/mol. The third-order valence-corrected chi connectivity index (χ3v) is 2.73. The van der Waals surface area contributed by atoms with Gasteiger partial charge in [-0.2, -0.15) is 0 Å². The smallest absolute Gasteiger partial charge is 0.160 e. The molecule has 0 amide bonds. The lowest BCUT2D eigenvalue weighted by atomic mass is 9.84. The van der Waals surface area contributed by atoms with E-state index < -0.39 is 0 Å². The Bertz CT molecular complexity index is 458. The van der Waals surface area contributed by atoms with E-state index in [1.807, 2.05) is 0 Å². The van der Waals surface area contributed by atoms with Gasteiger partial charge in [0.1, 0.15) is 11.8 Å². The molecular weight excluding hydrogens is 188 g/mol. The SMILES string of the molecule is CCCC(C)(C)c1ncnc2[nH]cnc12. The van der Waals surface area contributed by atoms with Crippen molar-refractivity contribution in [2.24, 2.45) is 0 Å². The molecule has 0 aliphatic heterocycles. The van der Waals surface area contributed by atoms with Crippen LogP contribution >= 0.6 is 0 Å². The Morgan fingerprint density at radius 1 is 1.27 bits per heavy atom. The lowest BCUT2D eigenvalue weighted by Crippen LogP contribution is -2.19. The summed E-state index contributed by atoms with van der Waals surface area (Å²) in [6.07, 6.45) is 5.52. The molecule has 0 aliphatic rings. The molecule has 15 heavy (non-hydrogen) atoms. The first-order valence-corrected chi connectivity index (χ1v) is 5.29. The summed E-state index contributed by atoms with van der Waals surface area (Å²) in [6.45, 7) is 6.59. The van der Waals surface area contributed by atoms with Crippen LogP contribution in [-0.4, -0.2) is 19.9 Å².